The van der Waals surface area contributed by atoms with Crippen molar-refractivity contribution in [2.24, 2.45) is 0 Å². The first-order chi connectivity index (χ1) is 2.00. The third-order valence-electron chi connectivity index (χ3n) is 0. The summed E-state index contributed by atoms with van der Waals surface area (Å²) in [5.41, 5.74) is 0. The second-order valence-corrected chi connectivity index (χ2v) is 1.54. The zero-order chi connectivity index (χ0) is 4.50. The molecular weight excluding hydrogens is 163 g/mol. The molecule has 0 radical (unpaired) electrons. The maximum atomic E-state index is 8.88. The Bertz CT molecular complexity index is 61.9. The Labute approximate surface area is 50.8 Å². The first-order valence-corrected chi connectivity index (χ1v) is 2.35. The van der Waals surface area contributed by atoms with Gasteiger partial charge in [-0.1, -0.05) is 0 Å². The summed E-state index contributed by atoms with van der Waals surface area (Å²) in [5.74, 6) is 0. The number of hydrogen-bond acceptors (Lipinski definition) is 1. The molecule has 0 saturated carbocycles. The molecule has 3 N–H and O–H groups in total. The molecule has 4 nitrogen and oxygen atoms in total. The maximum Gasteiger partial charge on any atom is 0.466 e. The molecule has 0 saturated heterocycles. The third kappa shape index (κ3) is 230000. The minimum absolute atomic E-state index is 0. The summed E-state index contributed by atoms with van der Waals surface area (Å²) in [6.07, 6.45) is 0. The lowest BCUT2D eigenvalue weighted by Gasteiger charge is -1.82. The van der Waals surface area contributed by atoms with Crippen LogP contribution in [0.25, 0.3) is 0 Å². The van der Waals surface area contributed by atoms with Gasteiger partial charge in [-0.05, 0) is 0 Å². The first-order valence-electron chi connectivity index (χ1n) is 0.783. The standard InChI is InChI=1S/BH3.3FH.H3O4P/c;;;;1-5(2,3)4/h1H3;3*1H;(H3,1,2,3,4). The van der Waals surface area contributed by atoms with E-state index in [1.165, 1.54) is 0 Å². The fraction of sp³-hybridized carbons (Fsp3) is 0. The minimum Gasteiger partial charge on any atom is -0.303 e. The molecule has 0 bridgehead atoms. The summed E-state index contributed by atoms with van der Waals surface area (Å²) in [5, 5.41) is 0. The Balaban J connectivity index is -0.0000000133. The van der Waals surface area contributed by atoms with Crippen LogP contribution in [-0.4, -0.2) is 23.1 Å². The van der Waals surface area contributed by atoms with Gasteiger partial charge in [-0.2, -0.15) is 0 Å². The highest BCUT2D eigenvalue weighted by atomic mass is 31.2. The normalized spacial score (nSPS) is 6.56. The van der Waals surface area contributed by atoms with E-state index < -0.39 is 7.82 Å². The van der Waals surface area contributed by atoms with Gasteiger partial charge in [0.05, 0.1) is 8.41 Å². The van der Waals surface area contributed by atoms with Gasteiger partial charge in [0.2, 0.25) is 0 Å². The van der Waals surface area contributed by atoms with Gasteiger partial charge in [0.15, 0.2) is 0 Å². The van der Waals surface area contributed by atoms with E-state index in [1.54, 1.807) is 0 Å². The summed E-state index contributed by atoms with van der Waals surface area (Å²) < 4.78 is 8.88. The zero-order valence-electron chi connectivity index (χ0n) is 3.42. The quantitative estimate of drug-likeness (QED) is 0.302. The zero-order valence-corrected chi connectivity index (χ0v) is 4.32. The van der Waals surface area contributed by atoms with Crippen LogP contribution in [0.1, 0.15) is 0 Å². The van der Waals surface area contributed by atoms with Crippen molar-refractivity contribution in [3.8, 4) is 0 Å². The summed E-state index contributed by atoms with van der Waals surface area (Å²) in [6.45, 7) is 0. The molecule has 0 aliphatic rings. The SMILES string of the molecule is B.F.F.F.O=P(O)(O)O. The average Bonchev–Trinajstić information content (AvgIpc) is 0.722. The van der Waals surface area contributed by atoms with Crippen LogP contribution in [0.3, 0.4) is 0 Å². The monoisotopic (exact) mass is 172 g/mol. The van der Waals surface area contributed by atoms with E-state index in [0.717, 1.165) is 0 Å². The molecule has 9 heavy (non-hydrogen) atoms. The molecule has 0 spiro atoms. The van der Waals surface area contributed by atoms with Crippen molar-refractivity contribution in [2.45, 2.75) is 0 Å². The van der Waals surface area contributed by atoms with Crippen molar-refractivity contribution in [2.75, 3.05) is 0 Å². The van der Waals surface area contributed by atoms with Crippen LogP contribution in [0.15, 0.2) is 0 Å². The van der Waals surface area contributed by atoms with Crippen LogP contribution in [0, 0.1) is 0 Å². The van der Waals surface area contributed by atoms with Crippen LogP contribution in [0.5, 0.6) is 0 Å². The molecule has 0 aromatic carbocycles. The van der Waals surface area contributed by atoms with Gasteiger partial charge >= 0.3 is 7.82 Å². The molecule has 0 aromatic heterocycles. The van der Waals surface area contributed by atoms with Crippen LogP contribution in [0.2, 0.25) is 0 Å². The fourth-order valence-corrected chi connectivity index (χ4v) is 0. The molecular formula is H9BF3O4P. The van der Waals surface area contributed by atoms with E-state index in [4.69, 9.17) is 19.2 Å². The summed E-state index contributed by atoms with van der Waals surface area (Å²) >= 11 is 0. The summed E-state index contributed by atoms with van der Waals surface area (Å²) in [4.78, 5) is 21.6. The van der Waals surface area contributed by atoms with Crippen molar-refractivity contribution in [1.82, 2.24) is 0 Å². The van der Waals surface area contributed by atoms with Crippen molar-refractivity contribution < 1.29 is 33.4 Å². The Morgan fingerprint density at radius 2 is 0.889 bits per heavy atom. The first kappa shape index (κ1) is 36.2. The summed E-state index contributed by atoms with van der Waals surface area (Å²) in [7, 11) is -4.64. The van der Waals surface area contributed by atoms with E-state index in [-0.39, 0.29) is 22.5 Å². The third-order valence-corrected chi connectivity index (χ3v) is 0. The molecule has 0 atom stereocenters. The highest BCUT2D eigenvalue weighted by molar-refractivity contribution is 7.45. The highest BCUT2D eigenvalue weighted by Crippen LogP contribution is 2.25. The second kappa shape index (κ2) is 10.9. The maximum absolute atomic E-state index is 8.88. The molecule has 0 aliphatic heterocycles. The second-order valence-electron chi connectivity index (χ2n) is 0.513. The highest BCUT2D eigenvalue weighted by Gasteiger charge is 2.00. The van der Waals surface area contributed by atoms with Crippen molar-refractivity contribution in [3.63, 3.8) is 0 Å². The van der Waals surface area contributed by atoms with Crippen molar-refractivity contribution >= 4 is 16.2 Å². The van der Waals surface area contributed by atoms with Gasteiger partial charge in [-0.25, -0.2) is 4.57 Å². The number of halogens is 3. The van der Waals surface area contributed by atoms with Gasteiger partial charge in [-0.15, -0.1) is 0 Å². The predicted molar refractivity (Wildman–Crippen MR) is 31.7 cm³/mol. The van der Waals surface area contributed by atoms with E-state index in [9.17, 15) is 0 Å². The molecule has 9 heteroatoms. The van der Waals surface area contributed by atoms with Gasteiger partial charge in [-0.3, -0.25) is 14.1 Å². The average molecular weight is 172 g/mol. The van der Waals surface area contributed by atoms with Crippen LogP contribution in [0.4, 0.5) is 14.1 Å². The van der Waals surface area contributed by atoms with E-state index in [0.29, 0.717) is 0 Å². The van der Waals surface area contributed by atoms with Crippen molar-refractivity contribution in [3.05, 3.63) is 0 Å². The van der Waals surface area contributed by atoms with Crippen LogP contribution < -0.4 is 0 Å². The molecule has 0 aliphatic carbocycles. The lowest BCUT2D eigenvalue weighted by molar-refractivity contribution is 0.275. The van der Waals surface area contributed by atoms with Gasteiger partial charge in [0.25, 0.3) is 0 Å². The lowest BCUT2D eigenvalue weighted by Crippen LogP contribution is -1.66. The number of phosphoric acid groups is 1. The van der Waals surface area contributed by atoms with Gasteiger partial charge in [0, 0.05) is 0 Å². The van der Waals surface area contributed by atoms with E-state index in [2.05, 4.69) is 0 Å². The topological polar surface area (TPSA) is 77.8 Å². The Kier molecular flexibility index (Phi) is 43.7. The Morgan fingerprint density at radius 1 is 0.889 bits per heavy atom. The largest absolute Gasteiger partial charge is 0.466 e. The molecule has 0 fully saturated rings. The molecule has 0 heterocycles. The molecule has 0 rings (SSSR count). The molecule has 0 aromatic rings. The molecule has 62 valence electrons. The Hall–Kier alpha value is -0.0351. The minimum atomic E-state index is -4.64. The van der Waals surface area contributed by atoms with Gasteiger partial charge < -0.3 is 14.7 Å². The van der Waals surface area contributed by atoms with Crippen molar-refractivity contribution in [1.29, 1.82) is 0 Å². The smallest absolute Gasteiger partial charge is 0.303 e. The van der Waals surface area contributed by atoms with Crippen LogP contribution in [-0.2, 0) is 4.57 Å². The van der Waals surface area contributed by atoms with Crippen LogP contribution >= 0.6 is 7.82 Å². The summed E-state index contributed by atoms with van der Waals surface area (Å²) in [6, 6.07) is 0. The van der Waals surface area contributed by atoms with Gasteiger partial charge in [0.1, 0.15) is 0 Å². The lowest BCUT2D eigenvalue weighted by atomic mass is 10.8. The number of hydrogen-bond donors (Lipinski definition) is 3. The number of rotatable bonds is 0. The van der Waals surface area contributed by atoms with E-state index >= 15 is 0 Å². The van der Waals surface area contributed by atoms with E-state index in [1.807, 2.05) is 0 Å². The Morgan fingerprint density at radius 3 is 0.889 bits per heavy atom. The molecule has 0 unspecified atom stereocenters. The molecule has 0 amide bonds. The predicted octanol–water partition coefficient (Wildman–Crippen LogP) is -1.66. The fourth-order valence-electron chi connectivity index (χ4n) is 0.